The number of carbonyl (C=O) groups excluding carboxylic acids is 1. The number of anilines is 1. The molecule has 0 fully saturated rings. The molecule has 5 nitrogen and oxygen atoms in total. The van der Waals surface area contributed by atoms with E-state index in [1.54, 1.807) is 18.2 Å². The van der Waals surface area contributed by atoms with Crippen LogP contribution >= 0.6 is 11.6 Å². The highest BCUT2D eigenvalue weighted by molar-refractivity contribution is 6.34. The number of amides is 1. The van der Waals surface area contributed by atoms with E-state index in [0.29, 0.717) is 28.8 Å². The third-order valence-corrected chi connectivity index (χ3v) is 2.44. The third-order valence-electron chi connectivity index (χ3n) is 2.13. The summed E-state index contributed by atoms with van der Waals surface area (Å²) in [6.07, 6.45) is 2.90. The summed E-state index contributed by atoms with van der Waals surface area (Å²) in [5.41, 5.74) is 5.72. The van der Waals surface area contributed by atoms with E-state index in [2.05, 4.69) is 5.32 Å². The molecule has 0 aromatic heterocycles. The van der Waals surface area contributed by atoms with Gasteiger partial charge in [-0.05, 0) is 0 Å². The van der Waals surface area contributed by atoms with Crippen molar-refractivity contribution in [1.29, 1.82) is 0 Å². The Hall–Kier alpha value is -1.72. The highest BCUT2D eigenvalue weighted by Gasteiger charge is 2.17. The standard InChI is InChI=1S/C11H11ClN2O3/c12-7-4-9-10(17-6-16-9)5-8(7)14-11(15)2-1-3-13/h1-2,4-5H,3,6,13H2,(H,14,15)/b2-1+. The first kappa shape index (κ1) is 11.8. The number of benzene rings is 1. The van der Waals surface area contributed by atoms with Gasteiger partial charge < -0.3 is 20.5 Å². The van der Waals surface area contributed by atoms with Crippen LogP contribution in [0.1, 0.15) is 0 Å². The maximum Gasteiger partial charge on any atom is 0.248 e. The molecule has 0 unspecified atom stereocenters. The number of ether oxygens (including phenoxy) is 2. The minimum Gasteiger partial charge on any atom is -0.454 e. The average Bonchev–Trinajstić information content (AvgIpc) is 2.74. The molecule has 0 bridgehead atoms. The molecule has 0 saturated carbocycles. The quantitative estimate of drug-likeness (QED) is 0.802. The number of fused-ring (bicyclic) bond motifs is 1. The molecule has 1 heterocycles. The van der Waals surface area contributed by atoms with Crippen LogP contribution in [0.15, 0.2) is 24.3 Å². The summed E-state index contributed by atoms with van der Waals surface area (Å²) < 4.78 is 10.3. The van der Waals surface area contributed by atoms with Gasteiger partial charge in [-0.1, -0.05) is 17.7 Å². The van der Waals surface area contributed by atoms with Crippen molar-refractivity contribution in [3.63, 3.8) is 0 Å². The maximum absolute atomic E-state index is 11.4. The van der Waals surface area contributed by atoms with Gasteiger partial charge in [0.25, 0.3) is 0 Å². The highest BCUT2D eigenvalue weighted by atomic mass is 35.5. The second kappa shape index (κ2) is 5.07. The van der Waals surface area contributed by atoms with E-state index in [1.807, 2.05) is 0 Å². The zero-order valence-corrected chi connectivity index (χ0v) is 9.66. The fraction of sp³-hybridized carbons (Fsp3) is 0.182. The van der Waals surface area contributed by atoms with Gasteiger partial charge in [0.05, 0.1) is 10.7 Å². The molecule has 1 amide bonds. The van der Waals surface area contributed by atoms with Crippen molar-refractivity contribution in [1.82, 2.24) is 0 Å². The van der Waals surface area contributed by atoms with Crippen LogP contribution in [0, 0.1) is 0 Å². The van der Waals surface area contributed by atoms with Crippen LogP contribution in [0.2, 0.25) is 5.02 Å². The van der Waals surface area contributed by atoms with E-state index in [-0.39, 0.29) is 12.7 Å². The lowest BCUT2D eigenvalue weighted by molar-refractivity contribution is -0.111. The van der Waals surface area contributed by atoms with Crippen molar-refractivity contribution in [3.05, 3.63) is 29.3 Å². The fourth-order valence-corrected chi connectivity index (χ4v) is 1.56. The lowest BCUT2D eigenvalue weighted by Crippen LogP contribution is -2.09. The van der Waals surface area contributed by atoms with Crippen molar-refractivity contribution >= 4 is 23.2 Å². The van der Waals surface area contributed by atoms with Crippen LogP contribution in [0.4, 0.5) is 5.69 Å². The van der Waals surface area contributed by atoms with Gasteiger partial charge in [0.1, 0.15) is 0 Å². The Morgan fingerprint density at radius 2 is 2.18 bits per heavy atom. The summed E-state index contributed by atoms with van der Waals surface area (Å²) in [5, 5.41) is 3.02. The Kier molecular flexibility index (Phi) is 3.51. The second-order valence-corrected chi connectivity index (χ2v) is 3.72. The SMILES string of the molecule is NC/C=C/C(=O)Nc1cc2c(cc1Cl)OCO2. The molecule has 2 rings (SSSR count). The third kappa shape index (κ3) is 2.69. The molecular formula is C11H11ClN2O3. The normalized spacial score (nSPS) is 13.1. The Labute approximate surface area is 103 Å². The summed E-state index contributed by atoms with van der Waals surface area (Å²) in [6.45, 7) is 0.471. The minimum atomic E-state index is -0.295. The molecule has 1 aromatic carbocycles. The van der Waals surface area contributed by atoms with Crippen molar-refractivity contribution in [3.8, 4) is 11.5 Å². The monoisotopic (exact) mass is 254 g/mol. The van der Waals surface area contributed by atoms with Gasteiger partial charge in [0.2, 0.25) is 12.7 Å². The summed E-state index contributed by atoms with van der Waals surface area (Å²) in [6, 6.07) is 3.23. The van der Waals surface area contributed by atoms with Gasteiger partial charge in [-0.25, -0.2) is 0 Å². The van der Waals surface area contributed by atoms with E-state index >= 15 is 0 Å². The van der Waals surface area contributed by atoms with Crippen LogP contribution in [0.5, 0.6) is 11.5 Å². The fourth-order valence-electron chi connectivity index (χ4n) is 1.36. The van der Waals surface area contributed by atoms with Crippen LogP contribution in [-0.4, -0.2) is 19.2 Å². The zero-order valence-electron chi connectivity index (χ0n) is 8.90. The molecule has 0 spiro atoms. The molecule has 0 aliphatic carbocycles. The Bertz CT molecular complexity index is 474. The number of rotatable bonds is 3. The van der Waals surface area contributed by atoms with E-state index < -0.39 is 0 Å². The first-order chi connectivity index (χ1) is 8.20. The molecule has 0 saturated heterocycles. The van der Waals surface area contributed by atoms with Crippen LogP contribution in [0.25, 0.3) is 0 Å². The largest absolute Gasteiger partial charge is 0.454 e. The summed E-state index contributed by atoms with van der Waals surface area (Å²) in [7, 11) is 0. The number of nitrogens with two attached hydrogens (primary N) is 1. The predicted molar refractivity (Wildman–Crippen MR) is 64.4 cm³/mol. The van der Waals surface area contributed by atoms with Crippen molar-refractivity contribution < 1.29 is 14.3 Å². The summed E-state index contributed by atoms with van der Waals surface area (Å²) in [5.74, 6) is 0.842. The van der Waals surface area contributed by atoms with Gasteiger partial charge in [-0.15, -0.1) is 0 Å². The van der Waals surface area contributed by atoms with Gasteiger partial charge in [0, 0.05) is 24.8 Å². The number of carbonyl (C=O) groups is 1. The van der Waals surface area contributed by atoms with Gasteiger partial charge in [-0.3, -0.25) is 4.79 Å². The maximum atomic E-state index is 11.4. The van der Waals surface area contributed by atoms with Crippen LogP contribution in [-0.2, 0) is 4.79 Å². The number of halogens is 1. The lowest BCUT2D eigenvalue weighted by Gasteiger charge is -2.06. The van der Waals surface area contributed by atoms with Crippen LogP contribution in [0.3, 0.4) is 0 Å². The molecule has 17 heavy (non-hydrogen) atoms. The average molecular weight is 255 g/mol. The predicted octanol–water partition coefficient (Wildman–Crippen LogP) is 1.52. The molecule has 90 valence electrons. The highest BCUT2D eigenvalue weighted by Crippen LogP contribution is 2.39. The lowest BCUT2D eigenvalue weighted by atomic mass is 10.2. The van der Waals surface area contributed by atoms with Gasteiger partial charge in [0.15, 0.2) is 11.5 Å². The number of hydrogen-bond acceptors (Lipinski definition) is 4. The van der Waals surface area contributed by atoms with Gasteiger partial charge >= 0.3 is 0 Å². The Balaban J connectivity index is 2.16. The molecule has 1 aliphatic heterocycles. The van der Waals surface area contributed by atoms with Gasteiger partial charge in [-0.2, -0.15) is 0 Å². The number of hydrogen-bond donors (Lipinski definition) is 2. The molecule has 1 aliphatic rings. The van der Waals surface area contributed by atoms with Crippen molar-refractivity contribution in [2.24, 2.45) is 5.73 Å². The van der Waals surface area contributed by atoms with E-state index in [9.17, 15) is 4.79 Å². The van der Waals surface area contributed by atoms with E-state index in [0.717, 1.165) is 0 Å². The second-order valence-electron chi connectivity index (χ2n) is 3.31. The van der Waals surface area contributed by atoms with Crippen molar-refractivity contribution in [2.45, 2.75) is 0 Å². The summed E-state index contributed by atoms with van der Waals surface area (Å²) in [4.78, 5) is 11.4. The molecular weight excluding hydrogens is 244 g/mol. The first-order valence-corrected chi connectivity index (χ1v) is 5.35. The molecule has 6 heteroatoms. The first-order valence-electron chi connectivity index (χ1n) is 4.97. The summed E-state index contributed by atoms with van der Waals surface area (Å²) >= 11 is 5.99. The molecule has 0 atom stereocenters. The zero-order chi connectivity index (χ0) is 12.3. The van der Waals surface area contributed by atoms with E-state index in [4.69, 9.17) is 26.8 Å². The molecule has 0 radical (unpaired) electrons. The number of nitrogens with one attached hydrogen (secondary N) is 1. The Morgan fingerprint density at radius 3 is 2.88 bits per heavy atom. The topological polar surface area (TPSA) is 73.6 Å². The van der Waals surface area contributed by atoms with Crippen molar-refractivity contribution in [2.75, 3.05) is 18.7 Å². The smallest absolute Gasteiger partial charge is 0.248 e. The molecule has 1 aromatic rings. The van der Waals surface area contributed by atoms with E-state index in [1.165, 1.54) is 6.08 Å². The minimum absolute atomic E-state index is 0.163. The van der Waals surface area contributed by atoms with Crippen LogP contribution < -0.4 is 20.5 Å². The molecule has 3 N–H and O–H groups in total. The Morgan fingerprint density at radius 1 is 1.47 bits per heavy atom.